The lowest BCUT2D eigenvalue weighted by Gasteiger charge is -2.18. The van der Waals surface area contributed by atoms with E-state index in [1.807, 2.05) is 0 Å². The second kappa shape index (κ2) is 8.70. The number of benzene rings is 3. The van der Waals surface area contributed by atoms with Gasteiger partial charge in [0.15, 0.2) is 0 Å². The molecule has 136 valence electrons. The predicted octanol–water partition coefficient (Wildman–Crippen LogP) is 5.52. The summed E-state index contributed by atoms with van der Waals surface area (Å²) in [7, 11) is 0. The quantitative estimate of drug-likeness (QED) is 0.401. The third kappa shape index (κ3) is 4.47. The molecule has 0 aliphatic carbocycles. The molecule has 0 saturated heterocycles. The summed E-state index contributed by atoms with van der Waals surface area (Å²) in [5, 5.41) is 4.92. The first-order valence-corrected chi connectivity index (χ1v) is 9.77. The van der Waals surface area contributed by atoms with E-state index in [-0.39, 0.29) is 0 Å². The summed E-state index contributed by atoms with van der Waals surface area (Å²) in [6, 6.07) is 32.4. The van der Waals surface area contributed by atoms with Gasteiger partial charge in [0.1, 0.15) is 0 Å². The first kappa shape index (κ1) is 17.6. The van der Waals surface area contributed by atoms with Crippen LogP contribution in [0.15, 0.2) is 91.0 Å². The molecule has 2 N–H and O–H groups in total. The van der Waals surface area contributed by atoms with Crippen molar-refractivity contribution in [3.63, 3.8) is 0 Å². The molecule has 2 nitrogen and oxygen atoms in total. The van der Waals surface area contributed by atoms with Crippen molar-refractivity contribution in [1.29, 1.82) is 0 Å². The van der Waals surface area contributed by atoms with Crippen LogP contribution in [0.3, 0.4) is 0 Å². The molecule has 1 aromatic heterocycles. The zero-order valence-corrected chi connectivity index (χ0v) is 15.6. The molecule has 0 aliphatic rings. The zero-order chi connectivity index (χ0) is 18.3. The molecule has 3 aromatic carbocycles. The highest BCUT2D eigenvalue weighted by atomic mass is 14.9. The van der Waals surface area contributed by atoms with E-state index in [0.29, 0.717) is 5.92 Å². The van der Waals surface area contributed by atoms with Crippen LogP contribution in [0.25, 0.3) is 10.9 Å². The Kier molecular flexibility index (Phi) is 5.66. The summed E-state index contributed by atoms with van der Waals surface area (Å²) in [6.07, 6.45) is 2.12. The van der Waals surface area contributed by atoms with Crippen molar-refractivity contribution < 1.29 is 0 Å². The molecule has 1 heterocycles. The van der Waals surface area contributed by atoms with Crippen LogP contribution in [-0.2, 0) is 6.42 Å². The van der Waals surface area contributed by atoms with Gasteiger partial charge in [-0.3, -0.25) is 0 Å². The first-order valence-electron chi connectivity index (χ1n) is 9.77. The van der Waals surface area contributed by atoms with Crippen LogP contribution in [0.5, 0.6) is 0 Å². The minimum Gasteiger partial charge on any atom is -0.358 e. The summed E-state index contributed by atoms with van der Waals surface area (Å²) in [4.78, 5) is 3.51. The number of aromatic amines is 1. The van der Waals surface area contributed by atoms with Gasteiger partial charge < -0.3 is 10.3 Å². The van der Waals surface area contributed by atoms with Gasteiger partial charge in [0.25, 0.3) is 0 Å². The monoisotopic (exact) mass is 354 g/mol. The Bertz CT molecular complexity index is 885. The first-order chi connectivity index (χ1) is 13.4. The van der Waals surface area contributed by atoms with Crippen LogP contribution < -0.4 is 5.32 Å². The van der Waals surface area contributed by atoms with Gasteiger partial charge >= 0.3 is 0 Å². The van der Waals surface area contributed by atoms with Crippen molar-refractivity contribution in [3.8, 4) is 0 Å². The molecule has 0 bridgehead atoms. The van der Waals surface area contributed by atoms with E-state index in [4.69, 9.17) is 0 Å². The van der Waals surface area contributed by atoms with Crippen LogP contribution in [-0.4, -0.2) is 18.1 Å². The molecule has 0 spiro atoms. The molecule has 0 aliphatic heterocycles. The van der Waals surface area contributed by atoms with Gasteiger partial charge in [-0.15, -0.1) is 0 Å². The number of rotatable bonds is 8. The number of para-hydroxylation sites is 1. The smallest absolute Gasteiger partial charge is 0.0456 e. The summed E-state index contributed by atoms with van der Waals surface area (Å²) >= 11 is 0. The maximum Gasteiger partial charge on any atom is 0.0456 e. The van der Waals surface area contributed by atoms with Crippen molar-refractivity contribution in [3.05, 3.63) is 108 Å². The van der Waals surface area contributed by atoms with E-state index in [2.05, 4.69) is 101 Å². The third-order valence-electron chi connectivity index (χ3n) is 5.17. The van der Waals surface area contributed by atoms with E-state index < -0.39 is 0 Å². The van der Waals surface area contributed by atoms with Crippen molar-refractivity contribution >= 4 is 10.9 Å². The second-order valence-corrected chi connectivity index (χ2v) is 7.04. The van der Waals surface area contributed by atoms with Gasteiger partial charge in [0.2, 0.25) is 0 Å². The average molecular weight is 354 g/mol. The summed E-state index contributed by atoms with van der Waals surface area (Å²) in [5.41, 5.74) is 5.30. The van der Waals surface area contributed by atoms with Gasteiger partial charge in [0.05, 0.1) is 0 Å². The predicted molar refractivity (Wildman–Crippen MR) is 114 cm³/mol. The van der Waals surface area contributed by atoms with E-state index in [9.17, 15) is 0 Å². The maximum atomic E-state index is 3.63. The molecule has 0 saturated carbocycles. The highest BCUT2D eigenvalue weighted by Gasteiger charge is 2.13. The minimum absolute atomic E-state index is 0.438. The van der Waals surface area contributed by atoms with E-state index in [1.165, 1.54) is 27.7 Å². The fourth-order valence-electron chi connectivity index (χ4n) is 3.76. The Hall–Kier alpha value is -2.84. The van der Waals surface area contributed by atoms with Crippen molar-refractivity contribution in [2.45, 2.75) is 18.8 Å². The maximum absolute atomic E-state index is 3.63. The number of H-pyrrole nitrogens is 1. The van der Waals surface area contributed by atoms with Crippen LogP contribution in [0.1, 0.15) is 29.2 Å². The van der Waals surface area contributed by atoms with Crippen LogP contribution in [0.2, 0.25) is 0 Å². The number of nitrogens with one attached hydrogen (secondary N) is 2. The molecule has 0 amide bonds. The topological polar surface area (TPSA) is 27.8 Å². The Morgan fingerprint density at radius 2 is 1.33 bits per heavy atom. The minimum atomic E-state index is 0.438. The molecule has 4 aromatic rings. The summed E-state index contributed by atoms with van der Waals surface area (Å²) in [5.74, 6) is 0.438. The SMILES string of the molecule is c1ccc(C(CCNCCc2cc3ccccc3[nH]2)c2ccccc2)cc1. The third-order valence-corrected chi connectivity index (χ3v) is 5.17. The number of aromatic nitrogens is 1. The molecular formula is C25H26N2. The molecule has 2 heteroatoms. The van der Waals surface area contributed by atoms with Crippen molar-refractivity contribution in [2.75, 3.05) is 13.1 Å². The highest BCUT2D eigenvalue weighted by Crippen LogP contribution is 2.27. The molecule has 4 rings (SSSR count). The Morgan fingerprint density at radius 1 is 0.704 bits per heavy atom. The van der Waals surface area contributed by atoms with Gasteiger partial charge in [-0.1, -0.05) is 78.9 Å². The van der Waals surface area contributed by atoms with Gasteiger partial charge in [-0.05, 0) is 48.0 Å². The summed E-state index contributed by atoms with van der Waals surface area (Å²) in [6.45, 7) is 2.00. The molecule has 0 atom stereocenters. The standard InChI is InChI=1S/C25H26N2/c1-3-9-20(10-4-1)24(21-11-5-2-6-12-21)16-18-26-17-15-23-19-22-13-7-8-14-25(22)27-23/h1-14,19,24,26-27H,15-18H2. The molecule has 0 radical (unpaired) electrons. The van der Waals surface area contributed by atoms with Crippen molar-refractivity contribution in [1.82, 2.24) is 10.3 Å². The Balaban J connectivity index is 1.33. The molecule has 0 unspecified atom stereocenters. The van der Waals surface area contributed by atoms with Gasteiger partial charge in [-0.2, -0.15) is 0 Å². The lowest BCUT2D eigenvalue weighted by molar-refractivity contribution is 0.610. The average Bonchev–Trinajstić information content (AvgIpc) is 3.15. The van der Waals surface area contributed by atoms with Crippen LogP contribution in [0, 0.1) is 0 Å². The lowest BCUT2D eigenvalue weighted by Crippen LogP contribution is -2.21. The summed E-state index contributed by atoms with van der Waals surface area (Å²) < 4.78 is 0. The highest BCUT2D eigenvalue weighted by molar-refractivity contribution is 5.80. The fraction of sp³-hybridized carbons (Fsp3) is 0.200. The Labute approximate surface area is 161 Å². The Morgan fingerprint density at radius 3 is 2.00 bits per heavy atom. The molecule has 27 heavy (non-hydrogen) atoms. The van der Waals surface area contributed by atoms with Crippen LogP contribution in [0.4, 0.5) is 0 Å². The van der Waals surface area contributed by atoms with Crippen LogP contribution >= 0.6 is 0 Å². The van der Waals surface area contributed by atoms with Gasteiger partial charge in [0, 0.05) is 23.7 Å². The number of fused-ring (bicyclic) bond motifs is 1. The lowest BCUT2D eigenvalue weighted by atomic mass is 9.88. The molecule has 0 fully saturated rings. The fourth-order valence-corrected chi connectivity index (χ4v) is 3.76. The number of hydrogen-bond acceptors (Lipinski definition) is 1. The van der Waals surface area contributed by atoms with Gasteiger partial charge in [-0.25, -0.2) is 0 Å². The normalized spacial score (nSPS) is 11.3. The van der Waals surface area contributed by atoms with E-state index in [0.717, 1.165) is 25.9 Å². The largest absolute Gasteiger partial charge is 0.358 e. The van der Waals surface area contributed by atoms with E-state index >= 15 is 0 Å². The van der Waals surface area contributed by atoms with E-state index in [1.54, 1.807) is 0 Å². The van der Waals surface area contributed by atoms with Crippen molar-refractivity contribution in [2.24, 2.45) is 0 Å². The number of hydrogen-bond donors (Lipinski definition) is 2. The zero-order valence-electron chi connectivity index (χ0n) is 15.6. The second-order valence-electron chi connectivity index (χ2n) is 7.04. The molecular weight excluding hydrogens is 328 g/mol.